The average Bonchev–Trinajstić information content (AvgIpc) is 2.45. The van der Waals surface area contributed by atoms with Crippen molar-refractivity contribution < 1.29 is 14.6 Å². The summed E-state index contributed by atoms with van der Waals surface area (Å²) in [7, 11) is 1.65. The van der Waals surface area contributed by atoms with Gasteiger partial charge in [-0.1, -0.05) is 12.1 Å². The van der Waals surface area contributed by atoms with Crippen molar-refractivity contribution in [2.45, 2.75) is 38.8 Å². The fraction of sp³-hybridized carbons (Fsp3) is 0.533. The van der Waals surface area contributed by atoms with E-state index in [0.29, 0.717) is 0 Å². The van der Waals surface area contributed by atoms with E-state index >= 15 is 0 Å². The van der Waals surface area contributed by atoms with Crippen molar-refractivity contribution in [3.63, 3.8) is 0 Å². The first-order valence-electron chi connectivity index (χ1n) is 6.86. The molecule has 20 heavy (non-hydrogen) atoms. The molecule has 0 saturated heterocycles. The van der Waals surface area contributed by atoms with Crippen molar-refractivity contribution in [1.29, 1.82) is 0 Å². The van der Waals surface area contributed by atoms with Crippen molar-refractivity contribution in [3.05, 3.63) is 29.8 Å². The van der Waals surface area contributed by atoms with Crippen LogP contribution in [0.5, 0.6) is 5.75 Å². The summed E-state index contributed by atoms with van der Waals surface area (Å²) in [5.74, 6) is 0.845. The summed E-state index contributed by atoms with van der Waals surface area (Å²) in [5.41, 5.74) is 1.21. The largest absolute Gasteiger partial charge is 0.497 e. The fourth-order valence-corrected chi connectivity index (χ4v) is 1.78. The zero-order chi connectivity index (χ0) is 15.0. The molecular formula is C15H24N2O3. The van der Waals surface area contributed by atoms with Crippen molar-refractivity contribution in [1.82, 2.24) is 10.6 Å². The van der Waals surface area contributed by atoms with Gasteiger partial charge in [0.15, 0.2) is 0 Å². The smallest absolute Gasteiger partial charge is 0.315 e. The van der Waals surface area contributed by atoms with E-state index in [9.17, 15) is 4.79 Å². The quantitative estimate of drug-likeness (QED) is 0.712. The SMILES string of the molecule is COc1ccc(CCC(C)NC(=O)NC(C)CO)cc1. The second kappa shape index (κ2) is 8.43. The van der Waals surface area contributed by atoms with E-state index in [4.69, 9.17) is 9.84 Å². The van der Waals surface area contributed by atoms with Crippen LogP contribution >= 0.6 is 0 Å². The average molecular weight is 280 g/mol. The number of nitrogens with one attached hydrogen (secondary N) is 2. The first kappa shape index (κ1) is 16.3. The molecule has 0 aromatic heterocycles. The molecule has 0 aliphatic rings. The maximum atomic E-state index is 11.6. The summed E-state index contributed by atoms with van der Waals surface area (Å²) in [6.45, 7) is 3.65. The lowest BCUT2D eigenvalue weighted by molar-refractivity contribution is 0.217. The Hall–Kier alpha value is -1.75. The van der Waals surface area contributed by atoms with Gasteiger partial charge in [-0.25, -0.2) is 4.79 Å². The van der Waals surface area contributed by atoms with Gasteiger partial charge in [0.25, 0.3) is 0 Å². The highest BCUT2D eigenvalue weighted by molar-refractivity contribution is 5.74. The lowest BCUT2D eigenvalue weighted by atomic mass is 10.1. The molecule has 112 valence electrons. The highest BCUT2D eigenvalue weighted by Crippen LogP contribution is 2.13. The molecule has 0 fully saturated rings. The van der Waals surface area contributed by atoms with Crippen LogP contribution in [0.25, 0.3) is 0 Å². The molecule has 2 atom stereocenters. The number of aryl methyl sites for hydroxylation is 1. The Morgan fingerprint density at radius 2 is 1.80 bits per heavy atom. The number of hydrogen-bond acceptors (Lipinski definition) is 3. The van der Waals surface area contributed by atoms with Gasteiger partial charge in [0.2, 0.25) is 0 Å². The normalized spacial score (nSPS) is 13.4. The van der Waals surface area contributed by atoms with Gasteiger partial charge in [-0.3, -0.25) is 0 Å². The molecule has 3 N–H and O–H groups in total. The molecule has 0 aliphatic heterocycles. The molecule has 0 spiro atoms. The van der Waals surface area contributed by atoms with Crippen LogP contribution in [-0.2, 0) is 6.42 Å². The van der Waals surface area contributed by atoms with Crippen LogP contribution in [0.4, 0.5) is 4.79 Å². The van der Waals surface area contributed by atoms with Gasteiger partial charge >= 0.3 is 6.03 Å². The number of aliphatic hydroxyl groups is 1. The van der Waals surface area contributed by atoms with Gasteiger partial charge in [0.1, 0.15) is 5.75 Å². The van der Waals surface area contributed by atoms with Gasteiger partial charge in [0.05, 0.1) is 19.8 Å². The third kappa shape index (κ3) is 5.93. The lowest BCUT2D eigenvalue weighted by Gasteiger charge is -2.17. The number of amides is 2. The Kier molecular flexibility index (Phi) is 6.87. The summed E-state index contributed by atoms with van der Waals surface area (Å²) < 4.78 is 5.11. The van der Waals surface area contributed by atoms with Gasteiger partial charge in [-0.05, 0) is 44.4 Å². The highest BCUT2D eigenvalue weighted by Gasteiger charge is 2.09. The standard InChI is InChI=1S/C15H24N2O3/c1-11(16-15(19)17-12(2)10-18)4-5-13-6-8-14(20-3)9-7-13/h6-9,11-12,18H,4-5,10H2,1-3H3,(H2,16,17,19). The van der Waals surface area contributed by atoms with Crippen LogP contribution in [-0.4, -0.2) is 36.9 Å². The zero-order valence-corrected chi connectivity index (χ0v) is 12.3. The number of urea groups is 1. The molecule has 0 heterocycles. The number of carbonyl (C=O) groups is 1. The number of carbonyl (C=O) groups excluding carboxylic acids is 1. The van der Waals surface area contributed by atoms with Crippen LogP contribution in [0, 0.1) is 0 Å². The third-order valence-electron chi connectivity index (χ3n) is 3.05. The van der Waals surface area contributed by atoms with Gasteiger partial charge in [0, 0.05) is 6.04 Å². The molecule has 1 aromatic rings. The molecule has 0 aliphatic carbocycles. The Morgan fingerprint density at radius 1 is 1.20 bits per heavy atom. The number of rotatable bonds is 7. The summed E-state index contributed by atoms with van der Waals surface area (Å²) >= 11 is 0. The van der Waals surface area contributed by atoms with Crippen molar-refractivity contribution in [3.8, 4) is 5.75 Å². The number of ether oxygens (including phenoxy) is 1. The predicted octanol–water partition coefficient (Wildman–Crippen LogP) is 1.70. The topological polar surface area (TPSA) is 70.6 Å². The lowest BCUT2D eigenvalue weighted by Crippen LogP contribution is -2.45. The van der Waals surface area contributed by atoms with E-state index < -0.39 is 0 Å². The zero-order valence-electron chi connectivity index (χ0n) is 12.3. The fourth-order valence-electron chi connectivity index (χ4n) is 1.78. The van der Waals surface area contributed by atoms with E-state index in [1.54, 1.807) is 14.0 Å². The van der Waals surface area contributed by atoms with Crippen LogP contribution < -0.4 is 15.4 Å². The number of hydrogen-bond donors (Lipinski definition) is 3. The van der Waals surface area contributed by atoms with Gasteiger partial charge in [-0.15, -0.1) is 0 Å². The van der Waals surface area contributed by atoms with Crippen LogP contribution in [0.3, 0.4) is 0 Å². The molecule has 0 radical (unpaired) electrons. The predicted molar refractivity (Wildman–Crippen MR) is 79.0 cm³/mol. The molecule has 0 bridgehead atoms. The second-order valence-corrected chi connectivity index (χ2v) is 4.99. The summed E-state index contributed by atoms with van der Waals surface area (Å²) in [6.07, 6.45) is 1.74. The van der Waals surface area contributed by atoms with Crippen molar-refractivity contribution in [2.24, 2.45) is 0 Å². The molecule has 1 rings (SSSR count). The maximum absolute atomic E-state index is 11.6. The van der Waals surface area contributed by atoms with E-state index in [1.165, 1.54) is 5.56 Å². The number of benzene rings is 1. The Bertz CT molecular complexity index is 406. The molecule has 5 nitrogen and oxygen atoms in total. The van der Waals surface area contributed by atoms with E-state index in [0.717, 1.165) is 18.6 Å². The van der Waals surface area contributed by atoms with Gasteiger partial charge in [-0.2, -0.15) is 0 Å². The van der Waals surface area contributed by atoms with Crippen LogP contribution in [0.1, 0.15) is 25.8 Å². The Morgan fingerprint density at radius 3 is 2.35 bits per heavy atom. The molecule has 1 aromatic carbocycles. The van der Waals surface area contributed by atoms with Crippen LogP contribution in [0.15, 0.2) is 24.3 Å². The van der Waals surface area contributed by atoms with Gasteiger partial charge < -0.3 is 20.5 Å². The Balaban J connectivity index is 2.31. The number of methoxy groups -OCH3 is 1. The molecule has 0 saturated carbocycles. The highest BCUT2D eigenvalue weighted by atomic mass is 16.5. The first-order chi connectivity index (χ1) is 9.55. The molecular weight excluding hydrogens is 256 g/mol. The minimum Gasteiger partial charge on any atom is -0.497 e. The van der Waals surface area contributed by atoms with Crippen LogP contribution in [0.2, 0.25) is 0 Å². The molecule has 5 heteroatoms. The van der Waals surface area contributed by atoms with E-state index in [-0.39, 0.29) is 24.7 Å². The monoisotopic (exact) mass is 280 g/mol. The van der Waals surface area contributed by atoms with E-state index in [1.807, 2.05) is 31.2 Å². The first-order valence-corrected chi connectivity index (χ1v) is 6.86. The maximum Gasteiger partial charge on any atom is 0.315 e. The minimum absolute atomic E-state index is 0.0619. The molecule has 2 amide bonds. The summed E-state index contributed by atoms with van der Waals surface area (Å²) in [4.78, 5) is 11.6. The second-order valence-electron chi connectivity index (χ2n) is 4.99. The minimum atomic E-state index is -0.242. The van der Waals surface area contributed by atoms with E-state index in [2.05, 4.69) is 10.6 Å². The van der Waals surface area contributed by atoms with Crippen molar-refractivity contribution >= 4 is 6.03 Å². The summed E-state index contributed by atoms with van der Waals surface area (Å²) in [6, 6.07) is 7.52. The summed E-state index contributed by atoms with van der Waals surface area (Å²) in [5, 5.41) is 14.4. The third-order valence-corrected chi connectivity index (χ3v) is 3.05. The Labute approximate surface area is 120 Å². The van der Waals surface area contributed by atoms with Crippen molar-refractivity contribution in [2.75, 3.05) is 13.7 Å². The molecule has 2 unspecified atom stereocenters. The number of aliphatic hydroxyl groups excluding tert-OH is 1.